The number of pyridine rings is 2. The predicted octanol–water partition coefficient (Wildman–Crippen LogP) is 8.58. The van der Waals surface area contributed by atoms with Gasteiger partial charge < -0.3 is 14.4 Å². The summed E-state index contributed by atoms with van der Waals surface area (Å²) in [5, 5.41) is 14.0. The molecule has 200 valence electrons. The zero-order valence-electron chi connectivity index (χ0n) is 22.6. The Morgan fingerprint density at radius 2 is 1.67 bits per heavy atom. The molecular formula is C33H30N3O2Pt-. The fraction of sp³-hybridized carbons (Fsp3) is 0.212. The van der Waals surface area contributed by atoms with Crippen molar-refractivity contribution in [2.75, 3.05) is 0 Å². The third kappa shape index (κ3) is 4.70. The molecule has 0 aliphatic rings. The van der Waals surface area contributed by atoms with Crippen LogP contribution in [0, 0.1) is 13.0 Å². The Bertz CT molecular complexity index is 1840. The Hall–Kier alpha value is -3.69. The molecule has 0 amide bonds. The molecule has 1 N–H and O–H groups in total. The van der Waals surface area contributed by atoms with Gasteiger partial charge in [0, 0.05) is 50.0 Å². The van der Waals surface area contributed by atoms with Crippen LogP contribution in [0.5, 0.6) is 17.4 Å². The van der Waals surface area contributed by atoms with Crippen LogP contribution in [0.15, 0.2) is 72.9 Å². The van der Waals surface area contributed by atoms with Crippen molar-refractivity contribution in [1.82, 2.24) is 14.5 Å². The van der Waals surface area contributed by atoms with Crippen LogP contribution in [0.4, 0.5) is 0 Å². The second-order valence-electron chi connectivity index (χ2n) is 10.5. The maximum atomic E-state index is 10.9. The van der Waals surface area contributed by atoms with E-state index in [0.717, 1.165) is 49.7 Å². The first-order valence-electron chi connectivity index (χ1n) is 13.0. The summed E-state index contributed by atoms with van der Waals surface area (Å²) < 4.78 is 8.46. The third-order valence-electron chi connectivity index (χ3n) is 7.18. The van der Waals surface area contributed by atoms with Crippen LogP contribution in [-0.4, -0.2) is 19.6 Å². The Kier molecular flexibility index (Phi) is 7.22. The van der Waals surface area contributed by atoms with Crippen LogP contribution in [-0.2, 0) is 21.1 Å². The van der Waals surface area contributed by atoms with Gasteiger partial charge in [0.2, 0.25) is 5.88 Å². The summed E-state index contributed by atoms with van der Waals surface area (Å²) in [5.74, 6) is 2.55. The summed E-state index contributed by atoms with van der Waals surface area (Å²) in [6.07, 6.45) is 1.81. The van der Waals surface area contributed by atoms with Crippen LogP contribution < -0.4 is 4.74 Å². The molecule has 3 aromatic carbocycles. The van der Waals surface area contributed by atoms with Gasteiger partial charge in [0.15, 0.2) is 0 Å². The van der Waals surface area contributed by atoms with E-state index in [1.807, 2.05) is 36.5 Å². The van der Waals surface area contributed by atoms with Crippen LogP contribution in [0.25, 0.3) is 38.5 Å². The van der Waals surface area contributed by atoms with E-state index in [-0.39, 0.29) is 32.7 Å². The Morgan fingerprint density at radius 3 is 2.41 bits per heavy atom. The predicted molar refractivity (Wildman–Crippen MR) is 154 cm³/mol. The third-order valence-corrected chi connectivity index (χ3v) is 7.18. The molecular weight excluding hydrogens is 665 g/mol. The van der Waals surface area contributed by atoms with Crippen molar-refractivity contribution in [1.29, 1.82) is 0 Å². The van der Waals surface area contributed by atoms with Crippen LogP contribution in [0.3, 0.4) is 0 Å². The zero-order valence-corrected chi connectivity index (χ0v) is 24.9. The number of aromatic hydroxyl groups is 1. The molecule has 6 aromatic rings. The zero-order chi connectivity index (χ0) is 26.6. The monoisotopic (exact) mass is 695 g/mol. The van der Waals surface area contributed by atoms with Gasteiger partial charge in [-0.3, -0.25) is 0 Å². The van der Waals surface area contributed by atoms with Crippen molar-refractivity contribution in [3.63, 3.8) is 0 Å². The van der Waals surface area contributed by atoms with E-state index in [0.29, 0.717) is 23.1 Å². The fourth-order valence-corrected chi connectivity index (χ4v) is 5.17. The molecule has 6 rings (SSSR count). The maximum Gasteiger partial charge on any atom is 0.217 e. The Balaban J connectivity index is 0.00000308. The van der Waals surface area contributed by atoms with E-state index < -0.39 is 0 Å². The van der Waals surface area contributed by atoms with Gasteiger partial charge in [0.05, 0.1) is 0 Å². The molecule has 6 heteroatoms. The number of aromatic nitrogens is 3. The SMILES string of the molecule is Cc1cccnc1-n1c2[c-]c(Oc3cc(C(C)C)c4cc(C(C)C)cc(O)c4n3)ccc2c2ccccc21.[Pt]. The summed E-state index contributed by atoms with van der Waals surface area (Å²) in [7, 11) is 0. The van der Waals surface area contributed by atoms with Gasteiger partial charge in [0.1, 0.15) is 17.1 Å². The van der Waals surface area contributed by atoms with Gasteiger partial charge in [-0.25, -0.2) is 9.97 Å². The second kappa shape index (κ2) is 10.5. The van der Waals surface area contributed by atoms with Crippen molar-refractivity contribution in [2.45, 2.75) is 46.5 Å². The quantitative estimate of drug-likeness (QED) is 0.184. The number of hydrogen-bond donors (Lipinski definition) is 1. The largest absolute Gasteiger partial charge is 0.506 e. The normalized spacial score (nSPS) is 11.6. The Labute approximate surface area is 242 Å². The number of hydrogen-bond acceptors (Lipinski definition) is 4. The molecule has 0 radical (unpaired) electrons. The van der Waals surface area contributed by atoms with Gasteiger partial charge in [-0.2, -0.15) is 6.07 Å². The number of aryl methyl sites for hydroxylation is 1. The van der Waals surface area contributed by atoms with E-state index in [2.05, 4.69) is 75.6 Å². The van der Waals surface area contributed by atoms with Crippen molar-refractivity contribution in [2.24, 2.45) is 0 Å². The van der Waals surface area contributed by atoms with E-state index in [9.17, 15) is 5.11 Å². The summed E-state index contributed by atoms with van der Waals surface area (Å²) in [4.78, 5) is 9.41. The number of benzene rings is 3. The molecule has 0 fully saturated rings. The van der Waals surface area contributed by atoms with Crippen molar-refractivity contribution >= 4 is 32.7 Å². The van der Waals surface area contributed by atoms with Crippen LogP contribution >= 0.6 is 0 Å². The van der Waals surface area contributed by atoms with E-state index >= 15 is 0 Å². The molecule has 0 spiro atoms. The average molecular weight is 696 g/mol. The first-order chi connectivity index (χ1) is 18.3. The first kappa shape index (κ1) is 26.9. The average Bonchev–Trinajstić information content (AvgIpc) is 3.22. The molecule has 0 aliphatic carbocycles. The number of rotatable bonds is 5. The van der Waals surface area contributed by atoms with Crippen molar-refractivity contribution in [3.8, 4) is 23.2 Å². The van der Waals surface area contributed by atoms with Gasteiger partial charge >= 0.3 is 0 Å². The minimum atomic E-state index is 0. The topological polar surface area (TPSA) is 60.2 Å². The maximum absolute atomic E-state index is 10.9. The minimum absolute atomic E-state index is 0. The number of phenols is 1. The van der Waals surface area contributed by atoms with Gasteiger partial charge in [0.25, 0.3) is 0 Å². The van der Waals surface area contributed by atoms with Gasteiger partial charge in [-0.05, 0) is 65.1 Å². The molecule has 0 unspecified atom stereocenters. The fourth-order valence-electron chi connectivity index (χ4n) is 5.17. The summed E-state index contributed by atoms with van der Waals surface area (Å²) >= 11 is 0. The van der Waals surface area contributed by atoms with Crippen molar-refractivity contribution < 1.29 is 30.9 Å². The van der Waals surface area contributed by atoms with E-state index in [4.69, 9.17) is 14.7 Å². The van der Waals surface area contributed by atoms with Crippen LogP contribution in [0.2, 0.25) is 0 Å². The number of nitrogens with zero attached hydrogens (tertiary/aromatic N) is 3. The van der Waals surface area contributed by atoms with E-state index in [1.165, 1.54) is 0 Å². The smallest absolute Gasteiger partial charge is 0.217 e. The molecule has 0 saturated carbocycles. The second-order valence-corrected chi connectivity index (χ2v) is 10.5. The molecule has 3 aromatic heterocycles. The molecule has 0 bridgehead atoms. The number of fused-ring (bicyclic) bond motifs is 4. The summed E-state index contributed by atoms with van der Waals surface area (Å²) in [5.41, 5.74) is 5.75. The molecule has 39 heavy (non-hydrogen) atoms. The number of phenolic OH excluding ortho intramolecular Hbond substituents is 1. The Morgan fingerprint density at radius 1 is 0.872 bits per heavy atom. The van der Waals surface area contributed by atoms with Gasteiger partial charge in [-0.15, -0.1) is 17.5 Å². The van der Waals surface area contributed by atoms with Crippen LogP contribution in [0.1, 0.15) is 56.2 Å². The molecule has 5 nitrogen and oxygen atoms in total. The molecule has 3 heterocycles. The summed E-state index contributed by atoms with van der Waals surface area (Å²) in [6.45, 7) is 10.6. The van der Waals surface area contributed by atoms with E-state index in [1.54, 1.807) is 6.07 Å². The molecule has 0 saturated heterocycles. The number of para-hydroxylation sites is 1. The van der Waals surface area contributed by atoms with Crippen molar-refractivity contribution in [3.05, 3.63) is 95.7 Å². The standard InChI is InChI=1S/C33H30N3O2.Pt/c1-19(2)22-15-27-26(20(3)4)18-31(35-32(27)30(37)16-22)38-23-12-13-25-24-10-6-7-11-28(24)36(29(25)17-23)33-21(5)9-8-14-34-33;/h6-16,18-20,37H,1-5H3;/q-1;. The molecule has 0 aliphatic heterocycles. The first-order valence-corrected chi connectivity index (χ1v) is 13.0. The minimum Gasteiger partial charge on any atom is -0.506 e. The number of ether oxygens (including phenoxy) is 1. The van der Waals surface area contributed by atoms with Gasteiger partial charge in [-0.1, -0.05) is 57.5 Å². The summed E-state index contributed by atoms with van der Waals surface area (Å²) in [6, 6.07) is 25.7. The molecule has 0 atom stereocenters.